The van der Waals surface area contributed by atoms with Crippen LogP contribution >= 0.6 is 0 Å². The summed E-state index contributed by atoms with van der Waals surface area (Å²) in [6.45, 7) is 0.231. The summed E-state index contributed by atoms with van der Waals surface area (Å²) in [5.74, 6) is 1.81. The molecule has 0 aromatic heterocycles. The van der Waals surface area contributed by atoms with E-state index in [2.05, 4.69) is 11.2 Å². The number of hydrogen-bond acceptors (Lipinski definition) is 3. The molecule has 1 aromatic rings. The van der Waals surface area contributed by atoms with Crippen LogP contribution in [0.4, 0.5) is 4.39 Å². The molecule has 0 bridgehead atoms. The van der Waals surface area contributed by atoms with Gasteiger partial charge in [0.15, 0.2) is 0 Å². The molecule has 0 heterocycles. The first-order valence-corrected chi connectivity index (χ1v) is 6.70. The Hall–Kier alpha value is -1.42. The number of hydrogen-bond donors (Lipinski definition) is 1. The van der Waals surface area contributed by atoms with Crippen molar-refractivity contribution in [3.8, 4) is 12.3 Å². The normalized spacial score (nSPS) is 11.5. The van der Waals surface area contributed by atoms with Gasteiger partial charge in [-0.3, -0.25) is 0 Å². The summed E-state index contributed by atoms with van der Waals surface area (Å²) < 4.78 is 38.6. The Kier molecular flexibility index (Phi) is 4.84. The van der Waals surface area contributed by atoms with Crippen LogP contribution in [0, 0.1) is 18.2 Å². The molecule has 0 saturated carbocycles. The lowest BCUT2D eigenvalue weighted by Gasteiger charge is -2.15. The van der Waals surface area contributed by atoms with Crippen molar-refractivity contribution in [3.05, 3.63) is 29.6 Å². The zero-order valence-electron chi connectivity index (χ0n) is 10.3. The molecule has 0 aliphatic carbocycles. The molecule has 0 unspecified atom stereocenters. The summed E-state index contributed by atoms with van der Waals surface area (Å²) in [6, 6.07) is 3.69. The average Bonchev–Trinajstić information content (AvgIpc) is 2.32. The number of nitrogens with one attached hydrogen (secondary N) is 1. The lowest BCUT2D eigenvalue weighted by atomic mass is 10.2. The highest BCUT2D eigenvalue weighted by molar-refractivity contribution is 7.89. The van der Waals surface area contributed by atoms with E-state index in [1.807, 2.05) is 0 Å². The molecule has 0 aliphatic rings. The second-order valence-electron chi connectivity index (χ2n) is 3.75. The summed E-state index contributed by atoms with van der Waals surface area (Å²) in [5, 5.41) is 2.78. The lowest BCUT2D eigenvalue weighted by Crippen LogP contribution is -2.27. The minimum atomic E-state index is -3.66. The number of rotatable bonds is 5. The Morgan fingerprint density at radius 2 is 2.17 bits per heavy atom. The number of benzene rings is 1. The quantitative estimate of drug-likeness (QED) is 0.805. The second-order valence-corrected chi connectivity index (χ2v) is 5.79. The van der Waals surface area contributed by atoms with Gasteiger partial charge in [-0.05, 0) is 25.2 Å². The van der Waals surface area contributed by atoms with Crippen LogP contribution in [-0.4, -0.2) is 33.4 Å². The Morgan fingerprint density at radius 3 is 2.72 bits per heavy atom. The highest BCUT2D eigenvalue weighted by Crippen LogP contribution is 2.18. The van der Waals surface area contributed by atoms with Gasteiger partial charge in [-0.15, -0.1) is 6.42 Å². The molecule has 0 spiro atoms. The second kappa shape index (κ2) is 5.96. The number of nitrogens with zero attached hydrogens (tertiary/aromatic N) is 1. The minimum Gasteiger partial charge on any atom is -0.316 e. The number of halogens is 1. The van der Waals surface area contributed by atoms with Gasteiger partial charge in [0.05, 0.1) is 11.4 Å². The predicted molar refractivity (Wildman–Crippen MR) is 67.8 cm³/mol. The van der Waals surface area contributed by atoms with E-state index < -0.39 is 15.8 Å². The van der Waals surface area contributed by atoms with Gasteiger partial charge in [0, 0.05) is 19.2 Å². The first kappa shape index (κ1) is 14.6. The summed E-state index contributed by atoms with van der Waals surface area (Å²) >= 11 is 0. The SMILES string of the molecule is C#CCN(C)S(=O)(=O)c1ccc(F)c(CNC)c1. The van der Waals surface area contributed by atoms with Crippen molar-refractivity contribution in [3.63, 3.8) is 0 Å². The fraction of sp³-hybridized carbons (Fsp3) is 0.333. The van der Waals surface area contributed by atoms with Crippen molar-refractivity contribution in [1.29, 1.82) is 0 Å². The van der Waals surface area contributed by atoms with Gasteiger partial charge in [0.2, 0.25) is 10.0 Å². The number of terminal acetylenes is 1. The minimum absolute atomic E-state index is 0.0267. The molecule has 0 aliphatic heterocycles. The van der Waals surface area contributed by atoms with Crippen molar-refractivity contribution in [1.82, 2.24) is 9.62 Å². The molecule has 0 saturated heterocycles. The molecule has 0 atom stereocenters. The van der Waals surface area contributed by atoms with Crippen molar-refractivity contribution in [2.75, 3.05) is 20.6 Å². The third-order valence-electron chi connectivity index (χ3n) is 2.41. The Balaban J connectivity index is 3.18. The van der Waals surface area contributed by atoms with Gasteiger partial charge in [-0.2, -0.15) is 4.31 Å². The molecule has 1 aromatic carbocycles. The van der Waals surface area contributed by atoms with Crippen LogP contribution in [0.1, 0.15) is 5.56 Å². The van der Waals surface area contributed by atoms with Gasteiger partial charge in [-0.25, -0.2) is 12.8 Å². The van der Waals surface area contributed by atoms with Crippen molar-refractivity contribution in [2.45, 2.75) is 11.4 Å². The van der Waals surface area contributed by atoms with Gasteiger partial charge in [0.1, 0.15) is 5.82 Å². The molecule has 6 heteroatoms. The highest BCUT2D eigenvalue weighted by atomic mass is 32.2. The van der Waals surface area contributed by atoms with Crippen molar-refractivity contribution >= 4 is 10.0 Å². The van der Waals surface area contributed by atoms with E-state index in [-0.39, 0.29) is 18.0 Å². The molecular weight excluding hydrogens is 255 g/mol. The first-order chi connectivity index (χ1) is 8.43. The van der Waals surface area contributed by atoms with Gasteiger partial charge < -0.3 is 5.32 Å². The Morgan fingerprint density at radius 1 is 1.50 bits per heavy atom. The maximum atomic E-state index is 13.4. The maximum absolute atomic E-state index is 13.4. The third kappa shape index (κ3) is 3.07. The van der Waals surface area contributed by atoms with Crippen LogP contribution in [0.2, 0.25) is 0 Å². The van der Waals surface area contributed by atoms with E-state index in [1.54, 1.807) is 7.05 Å². The molecule has 4 nitrogen and oxygen atoms in total. The Bertz CT molecular complexity index is 564. The largest absolute Gasteiger partial charge is 0.316 e. The smallest absolute Gasteiger partial charge is 0.243 e. The molecule has 1 rings (SSSR count). The lowest BCUT2D eigenvalue weighted by molar-refractivity contribution is 0.502. The van der Waals surface area contributed by atoms with Crippen molar-refractivity contribution < 1.29 is 12.8 Å². The predicted octanol–water partition coefficient (Wildman–Crippen LogP) is 0.799. The average molecular weight is 270 g/mol. The van der Waals surface area contributed by atoms with Crippen LogP contribution in [0.25, 0.3) is 0 Å². The fourth-order valence-corrected chi connectivity index (χ4v) is 2.57. The first-order valence-electron chi connectivity index (χ1n) is 5.26. The molecule has 1 N–H and O–H groups in total. The van der Waals surface area contributed by atoms with Crippen molar-refractivity contribution in [2.24, 2.45) is 0 Å². The third-order valence-corrected chi connectivity index (χ3v) is 4.21. The van der Waals surface area contributed by atoms with Crippen LogP contribution < -0.4 is 5.32 Å². The van der Waals surface area contributed by atoms with E-state index in [0.29, 0.717) is 5.56 Å². The number of sulfonamides is 1. The van der Waals surface area contributed by atoms with Gasteiger partial charge in [-0.1, -0.05) is 5.92 Å². The van der Waals surface area contributed by atoms with Crippen LogP contribution in [-0.2, 0) is 16.6 Å². The fourth-order valence-electron chi connectivity index (χ4n) is 1.43. The van der Waals surface area contributed by atoms with E-state index >= 15 is 0 Å². The Labute approximate surface area is 107 Å². The van der Waals surface area contributed by atoms with Crippen LogP contribution in [0.15, 0.2) is 23.1 Å². The van der Waals surface area contributed by atoms with E-state index in [0.717, 1.165) is 10.4 Å². The topological polar surface area (TPSA) is 49.4 Å². The van der Waals surface area contributed by atoms with E-state index in [9.17, 15) is 12.8 Å². The van der Waals surface area contributed by atoms with E-state index in [4.69, 9.17) is 6.42 Å². The molecule has 0 radical (unpaired) electrons. The molecule has 18 heavy (non-hydrogen) atoms. The summed E-state index contributed by atoms with van der Waals surface area (Å²) in [6.07, 6.45) is 5.08. The molecular formula is C12H15FN2O2S. The van der Waals surface area contributed by atoms with Crippen LogP contribution in [0.5, 0.6) is 0 Å². The molecule has 0 amide bonds. The van der Waals surface area contributed by atoms with Crippen LogP contribution in [0.3, 0.4) is 0 Å². The maximum Gasteiger partial charge on any atom is 0.243 e. The highest BCUT2D eigenvalue weighted by Gasteiger charge is 2.21. The zero-order chi connectivity index (χ0) is 13.8. The molecule has 98 valence electrons. The summed E-state index contributed by atoms with van der Waals surface area (Å²) in [4.78, 5) is 0.0342. The van der Waals surface area contributed by atoms with E-state index in [1.165, 1.54) is 19.2 Å². The zero-order valence-corrected chi connectivity index (χ0v) is 11.1. The summed E-state index contributed by atoms with van der Waals surface area (Å²) in [7, 11) is -0.619. The standard InChI is InChI=1S/C12H15FN2O2S/c1-4-7-15(3)18(16,17)11-5-6-12(13)10(8-11)9-14-2/h1,5-6,8,14H,7,9H2,2-3H3. The van der Waals surface area contributed by atoms with Gasteiger partial charge >= 0.3 is 0 Å². The summed E-state index contributed by atoms with van der Waals surface area (Å²) in [5.41, 5.74) is 0.299. The van der Waals surface area contributed by atoms with Gasteiger partial charge in [0.25, 0.3) is 0 Å². The molecule has 0 fully saturated rings. The monoisotopic (exact) mass is 270 g/mol.